The van der Waals surface area contributed by atoms with E-state index in [1.54, 1.807) is 31.4 Å². The highest BCUT2D eigenvalue weighted by atomic mass is 127. The van der Waals surface area contributed by atoms with Crippen molar-refractivity contribution in [1.82, 2.24) is 15.6 Å². The maximum atomic E-state index is 14.3. The molecule has 2 N–H and O–H groups in total. The fourth-order valence-corrected chi connectivity index (χ4v) is 2.54. The van der Waals surface area contributed by atoms with Gasteiger partial charge < -0.3 is 15.4 Å². The molecule has 9 heteroatoms. The van der Waals surface area contributed by atoms with Gasteiger partial charge in [-0.2, -0.15) is 0 Å². The lowest BCUT2D eigenvalue weighted by Gasteiger charge is -2.13. The average Bonchev–Trinajstić information content (AvgIpc) is 2.73. The molecular weight excluding hydrogens is 508 g/mol. The minimum absolute atomic E-state index is 0. The van der Waals surface area contributed by atoms with Crippen LogP contribution in [0.3, 0.4) is 0 Å². The number of hydrogen-bond donors (Lipinski definition) is 2. The van der Waals surface area contributed by atoms with Crippen molar-refractivity contribution in [3.63, 3.8) is 0 Å². The van der Waals surface area contributed by atoms with Gasteiger partial charge in [-0.1, -0.05) is 6.07 Å². The Balaban J connectivity index is 0.00000320. The van der Waals surface area contributed by atoms with Crippen LogP contribution >= 0.6 is 24.0 Å². The van der Waals surface area contributed by atoms with Crippen LogP contribution in [0.2, 0.25) is 0 Å². The van der Waals surface area contributed by atoms with Crippen molar-refractivity contribution < 1.29 is 17.9 Å². The second-order valence-corrected chi connectivity index (χ2v) is 6.07. The zero-order valence-electron chi connectivity index (χ0n) is 16.0. The molecule has 0 aliphatic rings. The normalized spacial score (nSPS) is 10.9. The monoisotopic (exact) mass is 528 g/mol. The third-order valence-electron chi connectivity index (χ3n) is 4.00. The molecule has 0 saturated carbocycles. The first-order chi connectivity index (χ1) is 14.0. The Labute approximate surface area is 189 Å². The molecule has 0 fully saturated rings. The molecule has 3 aromatic rings. The summed E-state index contributed by atoms with van der Waals surface area (Å²) in [7, 11) is 1.54. The predicted octanol–water partition coefficient (Wildman–Crippen LogP) is 4.77. The van der Waals surface area contributed by atoms with Crippen molar-refractivity contribution in [2.24, 2.45) is 4.99 Å². The Bertz CT molecular complexity index is 1000. The molecule has 30 heavy (non-hydrogen) atoms. The summed E-state index contributed by atoms with van der Waals surface area (Å²) in [5, 5.41) is 5.88. The molecule has 1 heterocycles. The van der Waals surface area contributed by atoms with Gasteiger partial charge in [0.1, 0.15) is 17.4 Å². The maximum absolute atomic E-state index is 14.3. The molecule has 0 radical (unpaired) electrons. The molecule has 3 rings (SSSR count). The van der Waals surface area contributed by atoms with Gasteiger partial charge in [0.2, 0.25) is 0 Å². The lowest BCUT2D eigenvalue weighted by molar-refractivity contribution is 0.440. The van der Waals surface area contributed by atoms with Gasteiger partial charge in [0.05, 0.1) is 6.20 Å². The summed E-state index contributed by atoms with van der Waals surface area (Å²) in [6.07, 6.45) is 3.09. The van der Waals surface area contributed by atoms with Crippen LogP contribution in [-0.4, -0.2) is 18.0 Å². The lowest BCUT2D eigenvalue weighted by atomic mass is 10.2. The quantitative estimate of drug-likeness (QED) is 0.275. The summed E-state index contributed by atoms with van der Waals surface area (Å²) in [5.41, 5.74) is 0.830. The molecule has 0 unspecified atom stereocenters. The molecule has 0 bridgehead atoms. The fraction of sp³-hybridized carbons (Fsp3) is 0.143. The number of halogens is 4. The third kappa shape index (κ3) is 6.61. The summed E-state index contributed by atoms with van der Waals surface area (Å²) in [6.45, 7) is 0.324. The van der Waals surface area contributed by atoms with Crippen molar-refractivity contribution in [3.05, 3.63) is 89.5 Å². The van der Waals surface area contributed by atoms with Crippen molar-refractivity contribution >= 4 is 29.9 Å². The van der Waals surface area contributed by atoms with Crippen LogP contribution in [0, 0.1) is 17.5 Å². The second kappa shape index (κ2) is 11.4. The first-order valence-electron chi connectivity index (χ1n) is 8.80. The number of pyridine rings is 1. The average molecular weight is 528 g/mol. The van der Waals surface area contributed by atoms with Crippen molar-refractivity contribution in [3.8, 4) is 11.5 Å². The van der Waals surface area contributed by atoms with Gasteiger partial charge in [0.15, 0.2) is 17.5 Å². The summed E-state index contributed by atoms with van der Waals surface area (Å²) >= 11 is 0. The van der Waals surface area contributed by atoms with E-state index in [9.17, 15) is 13.2 Å². The Morgan fingerprint density at radius 3 is 2.50 bits per heavy atom. The SMILES string of the molecule is CN=C(NCc1ccc(Oc2cccnc2)c(F)c1)NCc1cc(F)ccc1F.I. The third-order valence-corrected chi connectivity index (χ3v) is 4.00. The molecule has 0 spiro atoms. The highest BCUT2D eigenvalue weighted by Crippen LogP contribution is 2.24. The summed E-state index contributed by atoms with van der Waals surface area (Å²) in [6, 6.07) is 11.2. The molecule has 0 atom stereocenters. The molecule has 0 amide bonds. The number of benzene rings is 2. The van der Waals surface area contributed by atoms with E-state index < -0.39 is 17.5 Å². The topological polar surface area (TPSA) is 58.5 Å². The molecule has 2 aromatic carbocycles. The Hall–Kier alpha value is -2.82. The van der Waals surface area contributed by atoms with Crippen molar-refractivity contribution in [2.45, 2.75) is 13.1 Å². The number of aromatic nitrogens is 1. The summed E-state index contributed by atoms with van der Waals surface area (Å²) in [5.74, 6) is -0.657. The lowest BCUT2D eigenvalue weighted by Crippen LogP contribution is -2.36. The van der Waals surface area contributed by atoms with E-state index in [2.05, 4.69) is 20.6 Å². The van der Waals surface area contributed by atoms with Gasteiger partial charge in [-0.15, -0.1) is 24.0 Å². The number of nitrogens with one attached hydrogen (secondary N) is 2. The maximum Gasteiger partial charge on any atom is 0.191 e. The van der Waals surface area contributed by atoms with Crippen LogP contribution in [0.15, 0.2) is 65.9 Å². The largest absolute Gasteiger partial charge is 0.453 e. The van der Waals surface area contributed by atoms with Crippen LogP contribution < -0.4 is 15.4 Å². The van der Waals surface area contributed by atoms with E-state index in [4.69, 9.17) is 4.74 Å². The second-order valence-electron chi connectivity index (χ2n) is 6.07. The number of aliphatic imine (C=N–C) groups is 1. The fourth-order valence-electron chi connectivity index (χ4n) is 2.54. The van der Waals surface area contributed by atoms with E-state index in [0.29, 0.717) is 17.3 Å². The minimum atomic E-state index is -0.518. The van der Waals surface area contributed by atoms with E-state index in [1.165, 1.54) is 18.3 Å². The molecule has 158 valence electrons. The molecular formula is C21H20F3IN4O. The Kier molecular flexibility index (Phi) is 8.90. The van der Waals surface area contributed by atoms with Crippen LogP contribution in [0.4, 0.5) is 13.2 Å². The molecule has 0 saturated heterocycles. The molecule has 5 nitrogen and oxygen atoms in total. The Morgan fingerprint density at radius 1 is 1.00 bits per heavy atom. The van der Waals surface area contributed by atoms with Crippen LogP contribution in [-0.2, 0) is 13.1 Å². The van der Waals surface area contributed by atoms with Gasteiger partial charge in [-0.25, -0.2) is 13.2 Å². The molecule has 0 aliphatic carbocycles. The Morgan fingerprint density at radius 2 is 1.80 bits per heavy atom. The highest BCUT2D eigenvalue weighted by molar-refractivity contribution is 14.0. The van der Waals surface area contributed by atoms with E-state index in [1.807, 2.05) is 0 Å². The van der Waals surface area contributed by atoms with Crippen LogP contribution in [0.25, 0.3) is 0 Å². The smallest absolute Gasteiger partial charge is 0.191 e. The van der Waals surface area contributed by atoms with Crippen molar-refractivity contribution in [1.29, 1.82) is 0 Å². The minimum Gasteiger partial charge on any atom is -0.453 e. The number of nitrogens with zero attached hydrogens (tertiary/aromatic N) is 2. The van der Waals surface area contributed by atoms with Gasteiger partial charge in [-0.05, 0) is 48.0 Å². The molecule has 0 aliphatic heterocycles. The summed E-state index contributed by atoms with van der Waals surface area (Å²) in [4.78, 5) is 7.93. The van der Waals surface area contributed by atoms with Gasteiger partial charge >= 0.3 is 0 Å². The van der Waals surface area contributed by atoms with Crippen molar-refractivity contribution in [2.75, 3.05) is 7.05 Å². The first kappa shape index (κ1) is 23.5. The standard InChI is InChI=1S/C21H19F3N4O.HI/c1-25-21(28-12-15-10-16(22)5-6-18(15)23)27-11-14-4-7-20(19(24)9-14)29-17-3-2-8-26-13-17;/h2-10,13H,11-12H2,1H3,(H2,25,27,28);1H. The van der Waals surface area contributed by atoms with Gasteiger partial charge in [-0.3, -0.25) is 9.98 Å². The summed E-state index contributed by atoms with van der Waals surface area (Å²) < 4.78 is 46.7. The predicted molar refractivity (Wildman–Crippen MR) is 120 cm³/mol. The number of rotatable bonds is 6. The number of guanidine groups is 1. The first-order valence-corrected chi connectivity index (χ1v) is 8.80. The number of ether oxygens (including phenoxy) is 1. The zero-order chi connectivity index (χ0) is 20.6. The van der Waals surface area contributed by atoms with E-state index in [0.717, 1.165) is 18.2 Å². The van der Waals surface area contributed by atoms with Gasteiger partial charge in [0, 0.05) is 31.9 Å². The van der Waals surface area contributed by atoms with Crippen LogP contribution in [0.1, 0.15) is 11.1 Å². The number of hydrogen-bond acceptors (Lipinski definition) is 3. The van der Waals surface area contributed by atoms with E-state index in [-0.39, 0.29) is 48.4 Å². The van der Waals surface area contributed by atoms with Gasteiger partial charge in [0.25, 0.3) is 0 Å². The molecule has 1 aromatic heterocycles. The van der Waals surface area contributed by atoms with Crippen LogP contribution in [0.5, 0.6) is 11.5 Å². The highest BCUT2D eigenvalue weighted by Gasteiger charge is 2.08. The van der Waals surface area contributed by atoms with E-state index >= 15 is 0 Å². The zero-order valence-corrected chi connectivity index (χ0v) is 18.4.